The van der Waals surface area contributed by atoms with E-state index in [4.69, 9.17) is 0 Å². The van der Waals surface area contributed by atoms with Crippen LogP contribution in [-0.4, -0.2) is 34.9 Å². The highest BCUT2D eigenvalue weighted by Gasteiger charge is 2.30. The number of sulfonamides is 1. The molecule has 1 aromatic carbocycles. The first-order chi connectivity index (χ1) is 10.6. The van der Waals surface area contributed by atoms with Crippen molar-refractivity contribution < 1.29 is 8.42 Å². The Labute approximate surface area is 134 Å². The molecule has 1 aliphatic carbocycles. The number of aromatic nitrogens is 3. The molecule has 22 heavy (non-hydrogen) atoms. The van der Waals surface area contributed by atoms with Gasteiger partial charge in [0.1, 0.15) is 6.33 Å². The third kappa shape index (κ3) is 3.68. The molecule has 0 amide bonds. The van der Waals surface area contributed by atoms with Crippen LogP contribution in [0.3, 0.4) is 0 Å². The van der Waals surface area contributed by atoms with Crippen molar-refractivity contribution in [3.8, 4) is 0 Å². The summed E-state index contributed by atoms with van der Waals surface area (Å²) >= 11 is 1.56. The lowest BCUT2D eigenvalue weighted by Gasteiger charge is -2.30. The largest absolute Gasteiger partial charge is 0.254 e. The molecule has 0 aliphatic heterocycles. The van der Waals surface area contributed by atoms with Gasteiger partial charge in [-0.15, -0.1) is 0 Å². The zero-order valence-electron chi connectivity index (χ0n) is 12.0. The molecule has 2 aromatic rings. The van der Waals surface area contributed by atoms with Crippen molar-refractivity contribution in [3.05, 3.63) is 36.7 Å². The molecule has 1 aliphatic rings. The standard InChI is InChI=1S/C14H18N4O2S2/c19-22(20,11-6-2-1-3-7-11)18-12-8-4-5-9-13(12)21-14-15-10-16-17-14/h1-3,6-7,10,12-13,18H,4-5,8-9H2,(H,15,16,17). The molecule has 1 heterocycles. The highest BCUT2D eigenvalue weighted by molar-refractivity contribution is 7.99. The molecule has 8 heteroatoms. The summed E-state index contributed by atoms with van der Waals surface area (Å²) in [5.41, 5.74) is 0. The Morgan fingerprint density at radius 2 is 1.95 bits per heavy atom. The predicted octanol–water partition coefficient (Wildman–Crippen LogP) is 2.19. The monoisotopic (exact) mass is 338 g/mol. The number of hydrogen-bond acceptors (Lipinski definition) is 5. The average molecular weight is 338 g/mol. The van der Waals surface area contributed by atoms with Crippen LogP contribution in [0, 0.1) is 0 Å². The van der Waals surface area contributed by atoms with E-state index in [9.17, 15) is 8.42 Å². The van der Waals surface area contributed by atoms with E-state index in [1.807, 2.05) is 6.07 Å². The van der Waals surface area contributed by atoms with Gasteiger partial charge in [-0.3, -0.25) is 5.10 Å². The minimum atomic E-state index is -3.48. The average Bonchev–Trinajstić information content (AvgIpc) is 3.03. The van der Waals surface area contributed by atoms with Gasteiger partial charge in [0.15, 0.2) is 5.16 Å². The molecule has 118 valence electrons. The lowest BCUT2D eigenvalue weighted by atomic mass is 9.96. The molecule has 0 bridgehead atoms. The van der Waals surface area contributed by atoms with Crippen molar-refractivity contribution in [2.24, 2.45) is 0 Å². The molecule has 1 saturated carbocycles. The van der Waals surface area contributed by atoms with Crippen LogP contribution in [-0.2, 0) is 10.0 Å². The van der Waals surface area contributed by atoms with Gasteiger partial charge in [-0.05, 0) is 25.0 Å². The van der Waals surface area contributed by atoms with Crippen LogP contribution in [0.2, 0.25) is 0 Å². The second kappa shape index (κ2) is 6.80. The normalized spacial score (nSPS) is 22.5. The summed E-state index contributed by atoms with van der Waals surface area (Å²) in [6.07, 6.45) is 5.42. The number of H-pyrrole nitrogens is 1. The third-order valence-corrected chi connectivity index (χ3v) is 6.51. The van der Waals surface area contributed by atoms with E-state index in [2.05, 4.69) is 19.9 Å². The Morgan fingerprint density at radius 1 is 1.18 bits per heavy atom. The molecule has 0 radical (unpaired) electrons. The molecule has 1 fully saturated rings. The summed E-state index contributed by atoms with van der Waals surface area (Å²) in [6, 6.07) is 8.41. The van der Waals surface area contributed by atoms with Gasteiger partial charge >= 0.3 is 0 Å². The fourth-order valence-electron chi connectivity index (χ4n) is 2.63. The van der Waals surface area contributed by atoms with Crippen molar-refractivity contribution >= 4 is 21.8 Å². The Kier molecular flexibility index (Phi) is 4.80. The van der Waals surface area contributed by atoms with E-state index < -0.39 is 10.0 Å². The van der Waals surface area contributed by atoms with Crippen molar-refractivity contribution in [1.82, 2.24) is 19.9 Å². The van der Waals surface area contributed by atoms with E-state index in [1.165, 1.54) is 6.33 Å². The molecule has 1 aromatic heterocycles. The maximum Gasteiger partial charge on any atom is 0.240 e. The van der Waals surface area contributed by atoms with E-state index in [-0.39, 0.29) is 11.3 Å². The summed E-state index contributed by atoms with van der Waals surface area (Å²) < 4.78 is 27.8. The Balaban J connectivity index is 1.74. The van der Waals surface area contributed by atoms with E-state index in [0.717, 1.165) is 30.8 Å². The van der Waals surface area contributed by atoms with E-state index in [0.29, 0.717) is 4.90 Å². The maximum atomic E-state index is 12.5. The highest BCUT2D eigenvalue weighted by Crippen LogP contribution is 2.32. The number of nitrogens with zero attached hydrogens (tertiary/aromatic N) is 2. The van der Waals surface area contributed by atoms with Gasteiger partial charge in [0.25, 0.3) is 0 Å². The lowest BCUT2D eigenvalue weighted by Crippen LogP contribution is -2.43. The van der Waals surface area contributed by atoms with Gasteiger partial charge in [-0.25, -0.2) is 18.1 Å². The van der Waals surface area contributed by atoms with E-state index >= 15 is 0 Å². The van der Waals surface area contributed by atoms with Gasteiger partial charge in [-0.1, -0.05) is 42.8 Å². The molecular formula is C14H18N4O2S2. The maximum absolute atomic E-state index is 12.5. The Hall–Kier alpha value is -1.38. The second-order valence-corrected chi connectivity index (χ2v) is 8.21. The fourth-order valence-corrected chi connectivity index (χ4v) is 5.21. The van der Waals surface area contributed by atoms with Crippen LogP contribution >= 0.6 is 11.8 Å². The van der Waals surface area contributed by atoms with E-state index in [1.54, 1.807) is 36.0 Å². The smallest absolute Gasteiger partial charge is 0.240 e. The molecule has 0 spiro atoms. The molecule has 3 rings (SSSR count). The minimum Gasteiger partial charge on any atom is -0.254 e. The Bertz CT molecular complexity index is 689. The summed E-state index contributed by atoms with van der Waals surface area (Å²) in [5.74, 6) is 0. The number of thioether (sulfide) groups is 1. The topological polar surface area (TPSA) is 87.7 Å². The first kappa shape index (κ1) is 15.5. The van der Waals surface area contributed by atoms with Crippen LogP contribution in [0.5, 0.6) is 0 Å². The Morgan fingerprint density at radius 3 is 2.68 bits per heavy atom. The van der Waals surface area contributed by atoms with Gasteiger partial charge in [0, 0.05) is 11.3 Å². The van der Waals surface area contributed by atoms with Crippen molar-refractivity contribution in [2.45, 2.75) is 47.0 Å². The summed E-state index contributed by atoms with van der Waals surface area (Å²) in [6.45, 7) is 0. The summed E-state index contributed by atoms with van der Waals surface area (Å²) in [5, 5.41) is 7.56. The van der Waals surface area contributed by atoms with Gasteiger partial charge in [0.2, 0.25) is 10.0 Å². The number of benzene rings is 1. The molecular weight excluding hydrogens is 320 g/mol. The zero-order chi connectivity index (χ0) is 15.4. The number of hydrogen-bond donors (Lipinski definition) is 2. The molecule has 2 atom stereocenters. The number of rotatable bonds is 5. The van der Waals surface area contributed by atoms with Crippen molar-refractivity contribution in [1.29, 1.82) is 0 Å². The van der Waals surface area contributed by atoms with Crippen LogP contribution < -0.4 is 4.72 Å². The zero-order valence-corrected chi connectivity index (χ0v) is 13.6. The van der Waals surface area contributed by atoms with Crippen LogP contribution in [0.25, 0.3) is 0 Å². The first-order valence-corrected chi connectivity index (χ1v) is 9.61. The van der Waals surface area contributed by atoms with Gasteiger partial charge in [0.05, 0.1) is 4.90 Å². The minimum absolute atomic E-state index is 0.0888. The summed E-state index contributed by atoms with van der Waals surface area (Å²) in [4.78, 5) is 4.43. The van der Waals surface area contributed by atoms with Gasteiger partial charge in [-0.2, -0.15) is 5.10 Å². The second-order valence-electron chi connectivity index (χ2n) is 5.27. The van der Waals surface area contributed by atoms with Gasteiger partial charge < -0.3 is 0 Å². The van der Waals surface area contributed by atoms with Crippen molar-refractivity contribution in [2.75, 3.05) is 0 Å². The third-order valence-electron chi connectivity index (χ3n) is 3.72. The lowest BCUT2D eigenvalue weighted by molar-refractivity contribution is 0.422. The number of aromatic amines is 1. The molecule has 6 nitrogen and oxygen atoms in total. The SMILES string of the molecule is O=S(=O)(NC1CCCCC1Sc1ncn[nH]1)c1ccccc1. The quantitative estimate of drug-likeness (QED) is 0.872. The fraction of sp³-hybridized carbons (Fsp3) is 0.429. The summed E-state index contributed by atoms with van der Waals surface area (Å²) in [7, 11) is -3.48. The first-order valence-electron chi connectivity index (χ1n) is 7.24. The molecule has 2 N–H and O–H groups in total. The number of nitrogens with one attached hydrogen (secondary N) is 2. The van der Waals surface area contributed by atoms with Crippen LogP contribution in [0.1, 0.15) is 25.7 Å². The molecule has 0 saturated heterocycles. The van der Waals surface area contributed by atoms with Crippen molar-refractivity contribution in [3.63, 3.8) is 0 Å². The highest BCUT2D eigenvalue weighted by atomic mass is 32.2. The van der Waals surface area contributed by atoms with Crippen LogP contribution in [0.15, 0.2) is 46.7 Å². The molecule has 2 unspecified atom stereocenters. The predicted molar refractivity (Wildman–Crippen MR) is 85.0 cm³/mol. The van der Waals surface area contributed by atoms with Crippen LogP contribution in [0.4, 0.5) is 0 Å².